The molecule has 2 N–H and O–H groups in total. The van der Waals surface area contributed by atoms with Crippen molar-refractivity contribution in [1.82, 2.24) is 4.90 Å². The highest BCUT2D eigenvalue weighted by Gasteiger charge is 2.28. The molecular weight excluding hydrogens is 248 g/mol. The molecule has 20 heavy (non-hydrogen) atoms. The Morgan fingerprint density at radius 2 is 1.80 bits per heavy atom. The number of rotatable bonds is 3. The summed E-state index contributed by atoms with van der Waals surface area (Å²) >= 11 is 0. The van der Waals surface area contributed by atoms with Crippen molar-refractivity contribution in [3.8, 4) is 0 Å². The van der Waals surface area contributed by atoms with E-state index in [-0.39, 0.29) is 18.0 Å². The van der Waals surface area contributed by atoms with Crippen LogP contribution in [0.25, 0.3) is 0 Å². The van der Waals surface area contributed by atoms with E-state index < -0.39 is 0 Å². The Labute approximate surface area is 122 Å². The topological polar surface area (TPSA) is 46.3 Å². The monoisotopic (exact) mass is 274 g/mol. The number of amides is 1. The van der Waals surface area contributed by atoms with E-state index >= 15 is 0 Å². The third-order valence-electron chi connectivity index (χ3n) is 4.42. The molecule has 0 saturated heterocycles. The zero-order valence-electron chi connectivity index (χ0n) is 12.8. The molecule has 0 aromatic heterocycles. The van der Waals surface area contributed by atoms with Gasteiger partial charge in [-0.15, -0.1) is 0 Å². The maximum absolute atomic E-state index is 12.5. The Morgan fingerprint density at radius 1 is 1.20 bits per heavy atom. The average molecular weight is 274 g/mol. The third kappa shape index (κ3) is 3.21. The van der Waals surface area contributed by atoms with Gasteiger partial charge in [0.05, 0.1) is 0 Å². The molecular formula is C17H26N2O. The van der Waals surface area contributed by atoms with Crippen molar-refractivity contribution in [1.29, 1.82) is 0 Å². The molecule has 2 rings (SSSR count). The second kappa shape index (κ2) is 6.40. The summed E-state index contributed by atoms with van der Waals surface area (Å²) in [6.45, 7) is 4.31. The molecule has 2 unspecified atom stereocenters. The van der Waals surface area contributed by atoms with E-state index in [2.05, 4.69) is 13.8 Å². The second-order valence-corrected chi connectivity index (χ2v) is 6.21. The Morgan fingerprint density at radius 3 is 2.35 bits per heavy atom. The van der Waals surface area contributed by atoms with Crippen molar-refractivity contribution < 1.29 is 4.79 Å². The summed E-state index contributed by atoms with van der Waals surface area (Å²) in [5, 5.41) is 0. The van der Waals surface area contributed by atoms with Crippen molar-refractivity contribution in [2.45, 2.75) is 57.5 Å². The zero-order chi connectivity index (χ0) is 14.7. The van der Waals surface area contributed by atoms with Crippen molar-refractivity contribution in [3.05, 3.63) is 35.4 Å². The first-order valence-electron chi connectivity index (χ1n) is 7.63. The third-order valence-corrected chi connectivity index (χ3v) is 4.42. The number of nitrogens with two attached hydrogens (primary N) is 1. The molecule has 2 atom stereocenters. The molecule has 1 aromatic carbocycles. The van der Waals surface area contributed by atoms with Crippen LogP contribution < -0.4 is 5.73 Å². The largest absolute Gasteiger partial charge is 0.337 e. The molecule has 1 aliphatic rings. The molecule has 3 nitrogen and oxygen atoms in total. The van der Waals surface area contributed by atoms with Crippen LogP contribution in [0.15, 0.2) is 24.3 Å². The number of likely N-dealkylation sites (N-methyl/N-ethyl adjacent to an activating group) is 1. The van der Waals surface area contributed by atoms with Crippen molar-refractivity contribution in [3.63, 3.8) is 0 Å². The van der Waals surface area contributed by atoms with Gasteiger partial charge in [-0.25, -0.2) is 0 Å². The molecule has 1 fully saturated rings. The molecule has 1 aromatic rings. The SMILES string of the molecule is CC(C)c1ccc(C(=O)N(C)C2CCCCC2N)cc1. The summed E-state index contributed by atoms with van der Waals surface area (Å²) in [5.74, 6) is 0.575. The molecule has 0 bridgehead atoms. The minimum atomic E-state index is 0.0858. The summed E-state index contributed by atoms with van der Waals surface area (Å²) in [4.78, 5) is 14.4. The van der Waals surface area contributed by atoms with Crippen molar-refractivity contribution in [2.24, 2.45) is 5.73 Å². The van der Waals surface area contributed by atoms with E-state index in [1.807, 2.05) is 36.2 Å². The molecule has 1 aliphatic carbocycles. The lowest BCUT2D eigenvalue weighted by atomic mass is 9.89. The molecule has 0 heterocycles. The number of hydrogen-bond donors (Lipinski definition) is 1. The fraction of sp³-hybridized carbons (Fsp3) is 0.588. The van der Waals surface area contributed by atoms with Crippen LogP contribution in [0.2, 0.25) is 0 Å². The number of benzene rings is 1. The quantitative estimate of drug-likeness (QED) is 0.920. The first kappa shape index (κ1) is 15.0. The van der Waals surface area contributed by atoms with Crippen LogP contribution >= 0.6 is 0 Å². The standard InChI is InChI=1S/C17H26N2O/c1-12(2)13-8-10-14(11-9-13)17(20)19(3)16-7-5-4-6-15(16)18/h8-12,15-16H,4-7,18H2,1-3H3. The number of carbonyl (C=O) groups is 1. The Hall–Kier alpha value is -1.35. The second-order valence-electron chi connectivity index (χ2n) is 6.21. The van der Waals surface area contributed by atoms with E-state index in [0.717, 1.165) is 18.4 Å². The van der Waals surface area contributed by atoms with Crippen LogP contribution in [0.1, 0.15) is 61.4 Å². The van der Waals surface area contributed by atoms with Gasteiger partial charge in [-0.05, 0) is 36.5 Å². The minimum Gasteiger partial charge on any atom is -0.337 e. The lowest BCUT2D eigenvalue weighted by molar-refractivity contribution is 0.0672. The average Bonchev–Trinajstić information content (AvgIpc) is 2.46. The first-order chi connectivity index (χ1) is 9.50. The predicted octanol–water partition coefficient (Wildman–Crippen LogP) is 3.15. The molecule has 1 saturated carbocycles. The number of nitrogens with zero attached hydrogens (tertiary/aromatic N) is 1. The molecule has 3 heteroatoms. The van der Waals surface area contributed by atoms with Crippen LogP contribution in [0.4, 0.5) is 0 Å². The van der Waals surface area contributed by atoms with Crippen molar-refractivity contribution >= 4 is 5.91 Å². The van der Waals surface area contributed by atoms with Gasteiger partial charge >= 0.3 is 0 Å². The highest BCUT2D eigenvalue weighted by atomic mass is 16.2. The lowest BCUT2D eigenvalue weighted by Crippen LogP contribution is -2.50. The molecule has 1 amide bonds. The minimum absolute atomic E-state index is 0.0858. The first-order valence-corrected chi connectivity index (χ1v) is 7.63. The lowest BCUT2D eigenvalue weighted by Gasteiger charge is -2.36. The molecule has 110 valence electrons. The van der Waals surface area contributed by atoms with Gasteiger partial charge in [0, 0.05) is 24.7 Å². The van der Waals surface area contributed by atoms with Gasteiger partial charge < -0.3 is 10.6 Å². The van der Waals surface area contributed by atoms with Crippen LogP contribution in [0.5, 0.6) is 0 Å². The van der Waals surface area contributed by atoms with Gasteiger partial charge in [-0.2, -0.15) is 0 Å². The van der Waals surface area contributed by atoms with Gasteiger partial charge in [-0.1, -0.05) is 38.8 Å². The molecule has 0 radical (unpaired) electrons. The summed E-state index contributed by atoms with van der Waals surface area (Å²) in [6.07, 6.45) is 4.40. The van der Waals surface area contributed by atoms with Crippen LogP contribution in [-0.4, -0.2) is 29.9 Å². The van der Waals surface area contributed by atoms with E-state index in [1.165, 1.54) is 18.4 Å². The zero-order valence-corrected chi connectivity index (χ0v) is 12.8. The van der Waals surface area contributed by atoms with Gasteiger partial charge in [0.2, 0.25) is 0 Å². The number of hydrogen-bond acceptors (Lipinski definition) is 2. The van der Waals surface area contributed by atoms with E-state index in [0.29, 0.717) is 5.92 Å². The highest BCUT2D eigenvalue weighted by Crippen LogP contribution is 2.23. The van der Waals surface area contributed by atoms with E-state index in [1.54, 1.807) is 0 Å². The van der Waals surface area contributed by atoms with Gasteiger partial charge in [0.15, 0.2) is 0 Å². The van der Waals surface area contributed by atoms with Crippen LogP contribution in [0.3, 0.4) is 0 Å². The van der Waals surface area contributed by atoms with Gasteiger partial charge in [0.1, 0.15) is 0 Å². The normalized spacial score (nSPS) is 22.9. The summed E-state index contributed by atoms with van der Waals surface area (Å²) < 4.78 is 0. The summed E-state index contributed by atoms with van der Waals surface area (Å²) in [5.41, 5.74) is 8.19. The highest BCUT2D eigenvalue weighted by molar-refractivity contribution is 5.94. The van der Waals surface area contributed by atoms with Crippen molar-refractivity contribution in [2.75, 3.05) is 7.05 Å². The summed E-state index contributed by atoms with van der Waals surface area (Å²) in [7, 11) is 1.88. The van der Waals surface area contributed by atoms with Gasteiger partial charge in [-0.3, -0.25) is 4.79 Å². The summed E-state index contributed by atoms with van der Waals surface area (Å²) in [6, 6.07) is 8.26. The fourth-order valence-corrected chi connectivity index (χ4v) is 2.99. The van der Waals surface area contributed by atoms with Crippen LogP contribution in [-0.2, 0) is 0 Å². The smallest absolute Gasteiger partial charge is 0.253 e. The number of carbonyl (C=O) groups excluding carboxylic acids is 1. The van der Waals surface area contributed by atoms with E-state index in [9.17, 15) is 4.79 Å². The van der Waals surface area contributed by atoms with Crippen LogP contribution in [0, 0.1) is 0 Å². The van der Waals surface area contributed by atoms with E-state index in [4.69, 9.17) is 5.73 Å². The molecule has 0 spiro atoms. The molecule has 0 aliphatic heterocycles. The fourth-order valence-electron chi connectivity index (χ4n) is 2.99. The Kier molecular flexibility index (Phi) is 4.81. The Bertz CT molecular complexity index is 453. The maximum Gasteiger partial charge on any atom is 0.253 e. The predicted molar refractivity (Wildman–Crippen MR) is 82.9 cm³/mol. The van der Waals surface area contributed by atoms with Gasteiger partial charge in [0.25, 0.3) is 5.91 Å². The maximum atomic E-state index is 12.5. The Balaban J connectivity index is 2.09.